The summed E-state index contributed by atoms with van der Waals surface area (Å²) >= 11 is 0. The Morgan fingerprint density at radius 2 is 2.05 bits per heavy atom. The van der Waals surface area contributed by atoms with E-state index in [1.807, 2.05) is 37.3 Å². The number of hydrogen-bond donors (Lipinski definition) is 1. The number of amides is 2. The zero-order chi connectivity index (χ0) is 14.4. The first-order valence-corrected chi connectivity index (χ1v) is 6.94. The van der Waals surface area contributed by atoms with Crippen molar-refractivity contribution >= 4 is 11.8 Å². The van der Waals surface area contributed by atoms with E-state index in [2.05, 4.69) is 5.32 Å². The van der Waals surface area contributed by atoms with Crippen LogP contribution in [-0.2, 0) is 14.3 Å². The SMILES string of the molecule is CCOCCCN1C(=O)CNC(=O)C1c1ccccc1. The van der Waals surface area contributed by atoms with Crippen LogP contribution in [0.25, 0.3) is 0 Å². The van der Waals surface area contributed by atoms with Crippen LogP contribution in [0.1, 0.15) is 24.9 Å². The minimum absolute atomic E-state index is 0.0463. The van der Waals surface area contributed by atoms with Gasteiger partial charge in [-0.25, -0.2) is 0 Å². The molecule has 5 nitrogen and oxygen atoms in total. The first-order chi connectivity index (χ1) is 9.74. The molecule has 1 aliphatic heterocycles. The average Bonchev–Trinajstić information content (AvgIpc) is 2.48. The van der Waals surface area contributed by atoms with E-state index in [1.165, 1.54) is 0 Å². The third kappa shape index (κ3) is 3.36. The Labute approximate surface area is 118 Å². The van der Waals surface area contributed by atoms with Crippen molar-refractivity contribution in [2.45, 2.75) is 19.4 Å². The van der Waals surface area contributed by atoms with Crippen LogP contribution >= 0.6 is 0 Å². The third-order valence-corrected chi connectivity index (χ3v) is 3.30. The lowest BCUT2D eigenvalue weighted by atomic mass is 10.0. The molecular formula is C15H20N2O3. The molecule has 1 saturated heterocycles. The normalized spacial score (nSPS) is 19.1. The minimum Gasteiger partial charge on any atom is -0.382 e. The molecule has 2 amide bonds. The van der Waals surface area contributed by atoms with E-state index in [4.69, 9.17) is 4.74 Å². The number of ether oxygens (including phenoxy) is 1. The highest BCUT2D eigenvalue weighted by molar-refractivity contribution is 5.95. The predicted octanol–water partition coefficient (Wildman–Crippen LogP) is 1.11. The predicted molar refractivity (Wildman–Crippen MR) is 75.0 cm³/mol. The molecule has 0 radical (unpaired) electrons. The van der Waals surface area contributed by atoms with Crippen molar-refractivity contribution in [2.24, 2.45) is 0 Å². The minimum atomic E-state index is -0.529. The maximum absolute atomic E-state index is 12.1. The van der Waals surface area contributed by atoms with Gasteiger partial charge in [-0.15, -0.1) is 0 Å². The first kappa shape index (κ1) is 14.5. The molecule has 1 atom stereocenters. The number of benzene rings is 1. The van der Waals surface area contributed by atoms with Gasteiger partial charge in [0.2, 0.25) is 11.8 Å². The number of carbonyl (C=O) groups excluding carboxylic acids is 2. The molecule has 0 aromatic heterocycles. The number of carbonyl (C=O) groups is 2. The summed E-state index contributed by atoms with van der Waals surface area (Å²) in [6, 6.07) is 8.86. The summed E-state index contributed by atoms with van der Waals surface area (Å²) in [6.07, 6.45) is 0.732. The van der Waals surface area contributed by atoms with Gasteiger partial charge in [0.1, 0.15) is 6.04 Å². The number of rotatable bonds is 6. The molecule has 5 heteroatoms. The maximum Gasteiger partial charge on any atom is 0.247 e. The highest BCUT2D eigenvalue weighted by Crippen LogP contribution is 2.23. The second-order valence-electron chi connectivity index (χ2n) is 4.67. The van der Waals surface area contributed by atoms with Crippen LogP contribution in [0.3, 0.4) is 0 Å². The Balaban J connectivity index is 2.11. The van der Waals surface area contributed by atoms with Crippen molar-refractivity contribution in [1.29, 1.82) is 0 Å². The van der Waals surface area contributed by atoms with Gasteiger partial charge >= 0.3 is 0 Å². The molecule has 1 unspecified atom stereocenters. The van der Waals surface area contributed by atoms with Crippen molar-refractivity contribution in [3.8, 4) is 0 Å². The lowest BCUT2D eigenvalue weighted by Gasteiger charge is -2.35. The highest BCUT2D eigenvalue weighted by Gasteiger charge is 2.34. The second kappa shape index (κ2) is 7.05. The summed E-state index contributed by atoms with van der Waals surface area (Å²) in [6.45, 7) is 3.81. The standard InChI is InChI=1S/C15H20N2O3/c1-2-20-10-6-9-17-13(18)11-16-15(19)14(17)12-7-4-3-5-8-12/h3-5,7-8,14H,2,6,9-11H2,1H3,(H,16,19). The fourth-order valence-electron chi connectivity index (χ4n) is 2.35. The lowest BCUT2D eigenvalue weighted by molar-refractivity contribution is -0.146. The van der Waals surface area contributed by atoms with E-state index in [-0.39, 0.29) is 18.4 Å². The fraction of sp³-hybridized carbons (Fsp3) is 0.467. The quantitative estimate of drug-likeness (QED) is 0.792. The fourth-order valence-corrected chi connectivity index (χ4v) is 2.35. The second-order valence-corrected chi connectivity index (χ2v) is 4.67. The van der Waals surface area contributed by atoms with Crippen LogP contribution < -0.4 is 5.32 Å². The number of piperazine rings is 1. The maximum atomic E-state index is 12.1. The molecule has 0 saturated carbocycles. The molecule has 1 aromatic carbocycles. The third-order valence-electron chi connectivity index (χ3n) is 3.30. The van der Waals surface area contributed by atoms with Gasteiger partial charge in [0.25, 0.3) is 0 Å². The van der Waals surface area contributed by atoms with Crippen molar-refractivity contribution in [3.05, 3.63) is 35.9 Å². The summed E-state index contributed by atoms with van der Waals surface area (Å²) in [4.78, 5) is 25.8. The molecule has 1 fully saturated rings. The highest BCUT2D eigenvalue weighted by atomic mass is 16.5. The summed E-state index contributed by atoms with van der Waals surface area (Å²) in [5.41, 5.74) is 0.842. The molecule has 0 bridgehead atoms. The summed E-state index contributed by atoms with van der Waals surface area (Å²) in [7, 11) is 0. The van der Waals surface area contributed by atoms with E-state index < -0.39 is 6.04 Å². The molecule has 108 valence electrons. The molecule has 0 aliphatic carbocycles. The van der Waals surface area contributed by atoms with E-state index >= 15 is 0 Å². The summed E-state index contributed by atoms with van der Waals surface area (Å²) in [5.74, 6) is -0.165. The van der Waals surface area contributed by atoms with Crippen LogP contribution in [0.5, 0.6) is 0 Å². The van der Waals surface area contributed by atoms with Crippen LogP contribution in [-0.4, -0.2) is 43.0 Å². The van der Waals surface area contributed by atoms with Crippen LogP contribution in [0.2, 0.25) is 0 Å². The Hall–Kier alpha value is -1.88. The number of hydrogen-bond acceptors (Lipinski definition) is 3. The van der Waals surface area contributed by atoms with Crippen molar-refractivity contribution in [1.82, 2.24) is 10.2 Å². The zero-order valence-corrected chi connectivity index (χ0v) is 11.7. The molecule has 1 aliphatic rings. The van der Waals surface area contributed by atoms with Gasteiger partial charge in [-0.3, -0.25) is 9.59 Å². The van der Waals surface area contributed by atoms with Crippen LogP contribution in [0.15, 0.2) is 30.3 Å². The Kier molecular flexibility index (Phi) is 5.12. The molecule has 0 spiro atoms. The molecule has 2 rings (SSSR count). The molecule has 1 N–H and O–H groups in total. The summed E-state index contributed by atoms with van der Waals surface area (Å²) < 4.78 is 5.29. The lowest BCUT2D eigenvalue weighted by Crippen LogP contribution is -2.53. The van der Waals surface area contributed by atoms with Crippen molar-refractivity contribution in [2.75, 3.05) is 26.3 Å². The van der Waals surface area contributed by atoms with Gasteiger partial charge < -0.3 is 15.0 Å². The van der Waals surface area contributed by atoms with E-state index in [0.29, 0.717) is 19.8 Å². The van der Waals surface area contributed by atoms with Gasteiger partial charge in [0.15, 0.2) is 0 Å². The van der Waals surface area contributed by atoms with Gasteiger partial charge in [-0.2, -0.15) is 0 Å². The molecular weight excluding hydrogens is 256 g/mol. The Morgan fingerprint density at radius 1 is 1.30 bits per heavy atom. The van der Waals surface area contributed by atoms with Crippen LogP contribution in [0.4, 0.5) is 0 Å². The zero-order valence-electron chi connectivity index (χ0n) is 11.7. The Morgan fingerprint density at radius 3 is 2.75 bits per heavy atom. The first-order valence-electron chi connectivity index (χ1n) is 6.94. The monoisotopic (exact) mass is 276 g/mol. The van der Waals surface area contributed by atoms with Gasteiger partial charge in [-0.05, 0) is 18.9 Å². The topological polar surface area (TPSA) is 58.6 Å². The largest absolute Gasteiger partial charge is 0.382 e. The van der Waals surface area contributed by atoms with E-state index in [1.54, 1.807) is 4.90 Å². The number of nitrogens with zero attached hydrogens (tertiary/aromatic N) is 1. The smallest absolute Gasteiger partial charge is 0.247 e. The number of nitrogens with one attached hydrogen (secondary N) is 1. The molecule has 1 aromatic rings. The van der Waals surface area contributed by atoms with Gasteiger partial charge in [0.05, 0.1) is 6.54 Å². The average molecular weight is 276 g/mol. The summed E-state index contributed by atoms with van der Waals surface area (Å²) in [5, 5.41) is 2.65. The van der Waals surface area contributed by atoms with Crippen molar-refractivity contribution < 1.29 is 14.3 Å². The Bertz CT molecular complexity index is 461. The van der Waals surface area contributed by atoms with E-state index in [0.717, 1.165) is 12.0 Å². The van der Waals surface area contributed by atoms with Gasteiger partial charge in [0, 0.05) is 19.8 Å². The van der Waals surface area contributed by atoms with Gasteiger partial charge in [-0.1, -0.05) is 30.3 Å². The van der Waals surface area contributed by atoms with Crippen molar-refractivity contribution in [3.63, 3.8) is 0 Å². The molecule has 20 heavy (non-hydrogen) atoms. The molecule has 1 heterocycles. The van der Waals surface area contributed by atoms with Crippen LogP contribution in [0, 0.1) is 0 Å². The van der Waals surface area contributed by atoms with E-state index in [9.17, 15) is 9.59 Å².